The number of halogens is 1. The van der Waals surface area contributed by atoms with Crippen LogP contribution in [0.2, 0.25) is 0 Å². The number of benzene rings is 3. The topological polar surface area (TPSA) is 69.0 Å². The largest absolute Gasteiger partial charge is 0.493 e. The smallest absolute Gasteiger partial charge is 0.295 e. The Balaban J connectivity index is 1.80. The minimum Gasteiger partial charge on any atom is -0.493 e. The number of para-hydroxylation sites is 1. The number of anilines is 1. The lowest BCUT2D eigenvalue weighted by atomic mass is 9.97. The molecule has 6 nitrogen and oxygen atoms in total. The van der Waals surface area contributed by atoms with Gasteiger partial charge in [-0.15, -0.1) is 0 Å². The van der Waals surface area contributed by atoms with Crippen molar-refractivity contribution in [2.24, 2.45) is 0 Å². The van der Waals surface area contributed by atoms with Crippen LogP contribution in [0.3, 0.4) is 0 Å². The Labute approximate surface area is 182 Å². The molecule has 0 bridgehead atoms. The Bertz CT molecular complexity index is 1410. The van der Waals surface area contributed by atoms with E-state index in [9.17, 15) is 14.0 Å². The van der Waals surface area contributed by atoms with E-state index in [0.29, 0.717) is 33.7 Å². The van der Waals surface area contributed by atoms with Gasteiger partial charge < -0.3 is 13.9 Å². The van der Waals surface area contributed by atoms with Gasteiger partial charge in [0.25, 0.3) is 5.91 Å². The fourth-order valence-electron chi connectivity index (χ4n) is 4.13. The molecular weight excluding hydrogens is 413 g/mol. The molecule has 3 aromatic carbocycles. The van der Waals surface area contributed by atoms with Crippen molar-refractivity contribution in [1.82, 2.24) is 0 Å². The molecule has 1 aliphatic rings. The second-order valence-corrected chi connectivity index (χ2v) is 7.34. The van der Waals surface area contributed by atoms with Crippen LogP contribution in [0.25, 0.3) is 11.0 Å². The minimum absolute atomic E-state index is 0.0298. The first-order valence-corrected chi connectivity index (χ1v) is 9.90. The standard InChI is InChI=1S/C25H18FNO5/c1-30-19-12-7-14(13-20(19)31-2)22-21-23(28)17-5-3-4-6-18(17)32-24(21)25(29)27(22)16-10-8-15(26)9-11-16/h3-13,22H,1-2H3. The number of amides is 1. The number of carbonyl (C=O) groups excluding carboxylic acids is 1. The van der Waals surface area contributed by atoms with E-state index in [0.717, 1.165) is 0 Å². The molecule has 32 heavy (non-hydrogen) atoms. The first-order valence-electron chi connectivity index (χ1n) is 9.90. The van der Waals surface area contributed by atoms with Crippen molar-refractivity contribution in [2.45, 2.75) is 6.04 Å². The second-order valence-electron chi connectivity index (χ2n) is 7.34. The van der Waals surface area contributed by atoms with Gasteiger partial charge in [0.15, 0.2) is 16.9 Å². The average molecular weight is 431 g/mol. The predicted octanol–water partition coefficient (Wildman–Crippen LogP) is 4.70. The molecule has 1 aliphatic heterocycles. The highest BCUT2D eigenvalue weighted by Gasteiger charge is 2.43. The molecule has 160 valence electrons. The number of rotatable bonds is 4. The SMILES string of the molecule is COc1ccc(C2c3c(oc4ccccc4c3=O)C(=O)N2c2ccc(F)cc2)cc1OC. The van der Waals surface area contributed by atoms with E-state index in [1.807, 2.05) is 0 Å². The lowest BCUT2D eigenvalue weighted by Crippen LogP contribution is -2.29. The van der Waals surface area contributed by atoms with Crippen LogP contribution >= 0.6 is 0 Å². The van der Waals surface area contributed by atoms with Crippen molar-refractivity contribution >= 4 is 22.6 Å². The Morgan fingerprint density at radius 3 is 2.34 bits per heavy atom. The van der Waals surface area contributed by atoms with Gasteiger partial charge in [0, 0.05) is 5.69 Å². The van der Waals surface area contributed by atoms with Crippen LogP contribution in [0, 0.1) is 5.82 Å². The maximum absolute atomic E-state index is 13.6. The molecule has 1 amide bonds. The average Bonchev–Trinajstić information content (AvgIpc) is 3.12. The van der Waals surface area contributed by atoms with Crippen LogP contribution in [-0.4, -0.2) is 20.1 Å². The number of nitrogens with zero attached hydrogens (tertiary/aromatic N) is 1. The fraction of sp³-hybridized carbons (Fsp3) is 0.120. The summed E-state index contributed by atoms with van der Waals surface area (Å²) in [6.07, 6.45) is 0. The van der Waals surface area contributed by atoms with E-state index in [-0.39, 0.29) is 16.8 Å². The monoisotopic (exact) mass is 431 g/mol. The van der Waals surface area contributed by atoms with E-state index in [1.165, 1.54) is 43.4 Å². The number of hydrogen-bond donors (Lipinski definition) is 0. The van der Waals surface area contributed by atoms with Crippen LogP contribution in [0.15, 0.2) is 75.9 Å². The summed E-state index contributed by atoms with van der Waals surface area (Å²) in [7, 11) is 3.03. The molecule has 0 saturated carbocycles. The van der Waals surface area contributed by atoms with Crippen molar-refractivity contribution in [3.05, 3.63) is 99.7 Å². The molecular formula is C25H18FNO5. The molecule has 0 fully saturated rings. The Kier molecular flexibility index (Phi) is 4.66. The van der Waals surface area contributed by atoms with Gasteiger partial charge in [-0.2, -0.15) is 0 Å². The summed E-state index contributed by atoms with van der Waals surface area (Å²) < 4.78 is 30.2. The Morgan fingerprint density at radius 1 is 0.906 bits per heavy atom. The minimum atomic E-state index is -0.788. The lowest BCUT2D eigenvalue weighted by Gasteiger charge is -2.25. The van der Waals surface area contributed by atoms with Crippen LogP contribution < -0.4 is 19.8 Å². The zero-order chi connectivity index (χ0) is 22.4. The lowest BCUT2D eigenvalue weighted by molar-refractivity contribution is 0.0971. The van der Waals surface area contributed by atoms with Crippen LogP contribution in [0.5, 0.6) is 11.5 Å². The number of hydrogen-bond acceptors (Lipinski definition) is 5. The van der Waals surface area contributed by atoms with Crippen LogP contribution in [0.4, 0.5) is 10.1 Å². The molecule has 1 aromatic heterocycles. The number of carbonyl (C=O) groups is 1. The highest BCUT2D eigenvalue weighted by molar-refractivity contribution is 6.10. The Hall–Kier alpha value is -4.13. The third kappa shape index (κ3) is 2.93. The van der Waals surface area contributed by atoms with E-state index < -0.39 is 17.8 Å². The highest BCUT2D eigenvalue weighted by Crippen LogP contribution is 2.43. The summed E-state index contributed by atoms with van der Waals surface area (Å²) >= 11 is 0. The molecule has 1 atom stereocenters. The quantitative estimate of drug-likeness (QED) is 0.469. The third-order valence-electron chi connectivity index (χ3n) is 5.61. The first-order chi connectivity index (χ1) is 15.5. The van der Waals surface area contributed by atoms with Crippen molar-refractivity contribution < 1.29 is 23.1 Å². The first kappa shape index (κ1) is 19.8. The third-order valence-corrected chi connectivity index (χ3v) is 5.61. The van der Waals surface area contributed by atoms with Crippen molar-refractivity contribution in [3.63, 3.8) is 0 Å². The summed E-state index contributed by atoms with van der Waals surface area (Å²) in [6, 6.07) is 16.7. The van der Waals surface area contributed by atoms with E-state index in [2.05, 4.69) is 0 Å². The maximum Gasteiger partial charge on any atom is 0.295 e. The molecule has 0 spiro atoms. The molecule has 5 rings (SSSR count). The molecule has 0 saturated heterocycles. The van der Waals surface area contributed by atoms with Gasteiger partial charge in [-0.1, -0.05) is 18.2 Å². The summed E-state index contributed by atoms with van der Waals surface area (Å²) in [5, 5.41) is 0.380. The van der Waals surface area contributed by atoms with Gasteiger partial charge in [0.2, 0.25) is 5.76 Å². The van der Waals surface area contributed by atoms with Gasteiger partial charge in [0.05, 0.1) is 31.2 Å². The van der Waals surface area contributed by atoms with Gasteiger partial charge in [0.1, 0.15) is 11.4 Å². The second kappa shape index (κ2) is 7.53. The highest BCUT2D eigenvalue weighted by atomic mass is 19.1. The van der Waals surface area contributed by atoms with Gasteiger partial charge in [-0.05, 0) is 54.1 Å². The number of methoxy groups -OCH3 is 2. The van der Waals surface area contributed by atoms with Gasteiger partial charge in [-0.3, -0.25) is 14.5 Å². The fourth-order valence-corrected chi connectivity index (χ4v) is 4.13. The Morgan fingerprint density at radius 2 is 1.62 bits per heavy atom. The number of ether oxygens (including phenoxy) is 2. The summed E-state index contributed by atoms with van der Waals surface area (Å²) in [4.78, 5) is 28.4. The van der Waals surface area contributed by atoms with E-state index >= 15 is 0 Å². The van der Waals surface area contributed by atoms with Crippen LogP contribution in [-0.2, 0) is 0 Å². The summed E-state index contributed by atoms with van der Waals surface area (Å²) in [5.74, 6) is 0.0300. The zero-order valence-corrected chi connectivity index (χ0v) is 17.3. The summed E-state index contributed by atoms with van der Waals surface area (Å²) in [6.45, 7) is 0. The van der Waals surface area contributed by atoms with Crippen LogP contribution in [0.1, 0.15) is 27.7 Å². The van der Waals surface area contributed by atoms with Gasteiger partial charge >= 0.3 is 0 Å². The van der Waals surface area contributed by atoms with Gasteiger partial charge in [-0.25, -0.2) is 4.39 Å². The molecule has 0 N–H and O–H groups in total. The van der Waals surface area contributed by atoms with Crippen molar-refractivity contribution in [3.8, 4) is 11.5 Å². The molecule has 0 radical (unpaired) electrons. The zero-order valence-electron chi connectivity index (χ0n) is 17.3. The maximum atomic E-state index is 13.6. The van der Waals surface area contributed by atoms with E-state index in [4.69, 9.17) is 13.9 Å². The molecule has 0 aliphatic carbocycles. The predicted molar refractivity (Wildman–Crippen MR) is 117 cm³/mol. The number of fused-ring (bicyclic) bond motifs is 2. The molecule has 7 heteroatoms. The molecule has 2 heterocycles. The van der Waals surface area contributed by atoms with E-state index in [1.54, 1.807) is 42.5 Å². The summed E-state index contributed by atoms with van der Waals surface area (Å²) in [5.41, 5.74) is 1.33. The van der Waals surface area contributed by atoms with Crippen molar-refractivity contribution in [2.75, 3.05) is 19.1 Å². The molecule has 1 unspecified atom stereocenters. The normalized spacial score (nSPS) is 15.2. The molecule has 4 aromatic rings. The van der Waals surface area contributed by atoms with Crippen molar-refractivity contribution in [1.29, 1.82) is 0 Å².